The topological polar surface area (TPSA) is 81.5 Å². The van der Waals surface area contributed by atoms with Crippen molar-refractivity contribution in [3.05, 3.63) is 82.3 Å². The molecule has 1 amide bonds. The van der Waals surface area contributed by atoms with Crippen molar-refractivity contribution >= 4 is 27.1 Å². The van der Waals surface area contributed by atoms with Crippen LogP contribution < -0.4 is 0 Å². The summed E-state index contributed by atoms with van der Waals surface area (Å²) in [4.78, 5) is 19.4. The van der Waals surface area contributed by atoms with E-state index in [-0.39, 0.29) is 23.4 Å². The van der Waals surface area contributed by atoms with Crippen LogP contribution in [0.4, 0.5) is 0 Å². The van der Waals surface area contributed by atoms with Crippen molar-refractivity contribution in [3.8, 4) is 0 Å². The van der Waals surface area contributed by atoms with Gasteiger partial charge in [0, 0.05) is 20.2 Å². The molecule has 3 aromatic rings. The van der Waals surface area contributed by atoms with E-state index >= 15 is 0 Å². The summed E-state index contributed by atoms with van der Waals surface area (Å²) >= 11 is 1.36. The van der Waals surface area contributed by atoms with Gasteiger partial charge in [-0.25, -0.2) is 13.4 Å². The minimum absolute atomic E-state index is 0.0211. The molecule has 3 rings (SSSR count). The fourth-order valence-electron chi connectivity index (χ4n) is 3.28. The van der Waals surface area contributed by atoms with E-state index in [0.29, 0.717) is 35.8 Å². The maximum atomic E-state index is 13.2. The lowest BCUT2D eigenvalue weighted by molar-refractivity contribution is 0.0763. The highest BCUT2D eigenvalue weighted by Gasteiger charge is 2.26. The molecule has 0 bridgehead atoms. The van der Waals surface area contributed by atoms with Crippen LogP contribution in [-0.4, -0.2) is 49.0 Å². The quantitative estimate of drug-likeness (QED) is 0.397. The van der Waals surface area contributed by atoms with E-state index in [9.17, 15) is 13.2 Å². The molecule has 9 heteroatoms. The number of rotatable bonds is 11. The molecule has 0 saturated heterocycles. The predicted octanol–water partition coefficient (Wildman–Crippen LogP) is 3.70. The minimum atomic E-state index is -3.70. The Balaban J connectivity index is 1.91. The number of methoxy groups -OCH3 is 1. The second-order valence-corrected chi connectivity index (χ2v) is 10.2. The first kappa shape index (κ1) is 23.9. The molecule has 0 spiro atoms. The molecule has 0 radical (unpaired) electrons. The average molecular weight is 474 g/mol. The van der Waals surface area contributed by atoms with Crippen LogP contribution in [0.2, 0.25) is 0 Å². The fourth-order valence-corrected chi connectivity index (χ4v) is 5.49. The molecule has 7 nitrogen and oxygen atoms in total. The molecular formula is C23H27N3O4S2. The molecule has 1 aromatic carbocycles. The molecule has 170 valence electrons. The van der Waals surface area contributed by atoms with Crippen molar-refractivity contribution in [2.45, 2.75) is 30.9 Å². The SMILES string of the molecule is C=CCN(Cc1cnc(S(=O)(=O)Cc2ccc(C)cc2)n1CCOC)C(=O)c1cccs1. The third-order valence-corrected chi connectivity index (χ3v) is 7.35. The molecule has 0 unspecified atom stereocenters. The number of aryl methyl sites for hydroxylation is 1. The molecule has 0 fully saturated rings. The summed E-state index contributed by atoms with van der Waals surface area (Å²) < 4.78 is 33.2. The monoisotopic (exact) mass is 473 g/mol. The number of imidazole rings is 1. The summed E-state index contributed by atoms with van der Waals surface area (Å²) in [5.74, 6) is -0.287. The number of thiophene rings is 1. The molecule has 2 heterocycles. The second-order valence-electron chi connectivity index (χ2n) is 7.37. The number of ether oxygens (including phenoxy) is 1. The largest absolute Gasteiger partial charge is 0.383 e. The van der Waals surface area contributed by atoms with Crippen LogP contribution in [0.1, 0.15) is 26.5 Å². The minimum Gasteiger partial charge on any atom is -0.383 e. The molecule has 0 atom stereocenters. The Hall–Kier alpha value is -2.75. The van der Waals surface area contributed by atoms with Gasteiger partial charge in [-0.2, -0.15) is 0 Å². The van der Waals surface area contributed by atoms with Crippen molar-refractivity contribution in [3.63, 3.8) is 0 Å². The first-order valence-corrected chi connectivity index (χ1v) is 12.6. The van der Waals surface area contributed by atoms with E-state index in [0.717, 1.165) is 5.56 Å². The Morgan fingerprint density at radius 3 is 2.66 bits per heavy atom. The van der Waals surface area contributed by atoms with Gasteiger partial charge in [0.2, 0.25) is 15.0 Å². The first-order chi connectivity index (χ1) is 15.4. The zero-order valence-corrected chi connectivity index (χ0v) is 19.9. The van der Waals surface area contributed by atoms with E-state index in [1.54, 1.807) is 28.7 Å². The van der Waals surface area contributed by atoms with Crippen molar-refractivity contribution in [1.82, 2.24) is 14.5 Å². The number of carbonyl (C=O) groups excluding carboxylic acids is 1. The van der Waals surface area contributed by atoms with Gasteiger partial charge in [0.05, 0.1) is 35.7 Å². The first-order valence-electron chi connectivity index (χ1n) is 10.1. The van der Waals surface area contributed by atoms with E-state index < -0.39 is 9.84 Å². The van der Waals surface area contributed by atoms with E-state index in [2.05, 4.69) is 11.6 Å². The van der Waals surface area contributed by atoms with Gasteiger partial charge in [0.25, 0.3) is 5.91 Å². The van der Waals surface area contributed by atoms with Crippen molar-refractivity contribution < 1.29 is 17.9 Å². The Labute approximate surface area is 192 Å². The molecular weight excluding hydrogens is 446 g/mol. The average Bonchev–Trinajstić information content (AvgIpc) is 3.43. The Morgan fingerprint density at radius 2 is 2.03 bits per heavy atom. The molecule has 0 aliphatic rings. The van der Waals surface area contributed by atoms with Gasteiger partial charge < -0.3 is 14.2 Å². The summed E-state index contributed by atoms with van der Waals surface area (Å²) in [7, 11) is -2.15. The van der Waals surface area contributed by atoms with E-state index in [4.69, 9.17) is 4.74 Å². The van der Waals surface area contributed by atoms with Crippen LogP contribution in [0, 0.1) is 6.92 Å². The number of amides is 1. The van der Waals surface area contributed by atoms with Gasteiger partial charge in [-0.3, -0.25) is 4.79 Å². The number of hydrogen-bond acceptors (Lipinski definition) is 6. The van der Waals surface area contributed by atoms with Crippen LogP contribution in [0.15, 0.2) is 65.8 Å². The smallest absolute Gasteiger partial charge is 0.264 e. The number of sulfone groups is 1. The van der Waals surface area contributed by atoms with Crippen molar-refractivity contribution in [2.75, 3.05) is 20.3 Å². The summed E-state index contributed by atoms with van der Waals surface area (Å²) in [5, 5.41) is 1.82. The standard InChI is InChI=1S/C23H27N3O4S2/c1-4-11-25(22(27)21-6-5-14-31-21)16-20-15-24-23(26(20)12-13-30-3)32(28,29)17-19-9-7-18(2)8-10-19/h4-10,14-15H,1,11-13,16-17H2,2-3H3. The summed E-state index contributed by atoms with van der Waals surface area (Å²) in [6, 6.07) is 11.0. The van der Waals surface area contributed by atoms with Gasteiger partial charge >= 0.3 is 0 Å². The van der Waals surface area contributed by atoms with Crippen molar-refractivity contribution in [2.24, 2.45) is 0 Å². The van der Waals surface area contributed by atoms with Gasteiger partial charge in [-0.15, -0.1) is 17.9 Å². The lowest BCUT2D eigenvalue weighted by Crippen LogP contribution is -2.31. The van der Waals surface area contributed by atoms with Gasteiger partial charge in [-0.1, -0.05) is 42.0 Å². The summed E-state index contributed by atoms with van der Waals surface area (Å²) in [6.45, 7) is 6.86. The fraction of sp³-hybridized carbons (Fsp3) is 0.304. The highest BCUT2D eigenvalue weighted by atomic mass is 32.2. The number of aromatic nitrogens is 2. The lowest BCUT2D eigenvalue weighted by atomic mass is 10.2. The van der Waals surface area contributed by atoms with Gasteiger partial charge in [-0.05, 0) is 23.9 Å². The molecule has 32 heavy (non-hydrogen) atoms. The third kappa shape index (κ3) is 5.73. The Kier molecular flexibility index (Phi) is 8.00. The number of hydrogen-bond donors (Lipinski definition) is 0. The number of benzene rings is 1. The maximum absolute atomic E-state index is 13.2. The molecule has 2 aromatic heterocycles. The zero-order chi connectivity index (χ0) is 23.1. The van der Waals surface area contributed by atoms with Gasteiger partial charge in [0.1, 0.15) is 0 Å². The Morgan fingerprint density at radius 1 is 1.28 bits per heavy atom. The van der Waals surface area contributed by atoms with Gasteiger partial charge in [0.15, 0.2) is 0 Å². The lowest BCUT2D eigenvalue weighted by Gasteiger charge is -2.21. The molecule has 0 saturated carbocycles. The van der Waals surface area contributed by atoms with Crippen LogP contribution in [0.3, 0.4) is 0 Å². The van der Waals surface area contributed by atoms with Crippen LogP contribution in [-0.2, 0) is 33.4 Å². The normalized spacial score (nSPS) is 11.4. The van der Waals surface area contributed by atoms with Crippen LogP contribution in [0.25, 0.3) is 0 Å². The molecule has 0 N–H and O–H groups in total. The Bertz CT molecular complexity index is 1150. The zero-order valence-electron chi connectivity index (χ0n) is 18.2. The summed E-state index contributed by atoms with van der Waals surface area (Å²) in [6.07, 6.45) is 3.17. The number of carbonyl (C=O) groups is 1. The summed E-state index contributed by atoms with van der Waals surface area (Å²) in [5.41, 5.74) is 2.38. The maximum Gasteiger partial charge on any atom is 0.264 e. The second kappa shape index (κ2) is 10.7. The van der Waals surface area contributed by atoms with Crippen LogP contribution in [0.5, 0.6) is 0 Å². The predicted molar refractivity (Wildman–Crippen MR) is 125 cm³/mol. The van der Waals surface area contributed by atoms with Crippen LogP contribution >= 0.6 is 11.3 Å². The molecule has 0 aliphatic heterocycles. The molecule has 0 aliphatic carbocycles. The van der Waals surface area contributed by atoms with Crippen molar-refractivity contribution in [1.29, 1.82) is 0 Å². The number of nitrogens with zero attached hydrogens (tertiary/aromatic N) is 3. The van der Waals surface area contributed by atoms with E-state index in [1.807, 2.05) is 42.6 Å². The third-order valence-electron chi connectivity index (χ3n) is 4.90. The van der Waals surface area contributed by atoms with E-state index in [1.165, 1.54) is 17.5 Å². The highest BCUT2D eigenvalue weighted by molar-refractivity contribution is 7.90. The highest BCUT2D eigenvalue weighted by Crippen LogP contribution is 2.20.